The summed E-state index contributed by atoms with van der Waals surface area (Å²) in [5, 5.41) is 0. The van der Waals surface area contributed by atoms with Crippen molar-refractivity contribution in [2.24, 2.45) is 0 Å². The van der Waals surface area contributed by atoms with Crippen LogP contribution in [-0.4, -0.2) is 20.0 Å². The average molecular weight is 292 g/mol. The highest BCUT2D eigenvalue weighted by Crippen LogP contribution is 2.28. The number of rotatable bonds is 4. The molecule has 0 aliphatic carbocycles. The fourth-order valence-electron chi connectivity index (χ4n) is 1.95. The first-order chi connectivity index (χ1) is 9.97. The normalized spacial score (nSPS) is 10.3. The summed E-state index contributed by atoms with van der Waals surface area (Å²) in [6.45, 7) is 1.43. The molecule has 0 aromatic heterocycles. The van der Waals surface area contributed by atoms with E-state index in [0.717, 1.165) is 12.1 Å². The van der Waals surface area contributed by atoms with Crippen LogP contribution in [0.4, 0.5) is 8.78 Å². The van der Waals surface area contributed by atoms with Crippen molar-refractivity contribution in [2.75, 3.05) is 14.2 Å². The number of hydrogen-bond acceptors (Lipinski definition) is 3. The molecule has 2 aromatic rings. The number of hydrogen-bond donors (Lipinski definition) is 0. The van der Waals surface area contributed by atoms with Crippen molar-refractivity contribution in [3.63, 3.8) is 0 Å². The molecule has 0 aliphatic rings. The largest absolute Gasteiger partial charge is 0.497 e. The second-order valence-corrected chi connectivity index (χ2v) is 4.48. The maximum Gasteiger partial charge on any atom is 0.199 e. The van der Waals surface area contributed by atoms with Crippen LogP contribution in [0.25, 0.3) is 0 Å². The Balaban J connectivity index is 2.52. The number of ether oxygens (including phenoxy) is 2. The minimum absolute atomic E-state index is 0.139. The zero-order valence-electron chi connectivity index (χ0n) is 11.9. The third-order valence-electron chi connectivity index (χ3n) is 3.15. The summed E-state index contributed by atoms with van der Waals surface area (Å²) in [7, 11) is 2.86. The molecule has 5 heteroatoms. The molecule has 0 saturated carbocycles. The van der Waals surface area contributed by atoms with Gasteiger partial charge >= 0.3 is 0 Å². The molecule has 0 heterocycles. The molecular formula is C16H14F2O3. The fraction of sp³-hybridized carbons (Fsp3) is 0.188. The first-order valence-corrected chi connectivity index (χ1v) is 6.20. The monoisotopic (exact) mass is 292 g/mol. The Kier molecular flexibility index (Phi) is 4.21. The van der Waals surface area contributed by atoms with Crippen molar-refractivity contribution in [1.82, 2.24) is 0 Å². The lowest BCUT2D eigenvalue weighted by Gasteiger charge is -2.10. The van der Waals surface area contributed by atoms with Gasteiger partial charge < -0.3 is 9.47 Å². The standard InChI is InChI=1S/C16H14F2O3/c1-9-6-14(18)12(8-13(9)17)16(19)11-5-4-10(20-2)7-15(11)21-3/h4-8H,1-3H3. The Morgan fingerprint density at radius 1 is 0.952 bits per heavy atom. The predicted octanol–water partition coefficient (Wildman–Crippen LogP) is 3.52. The Hall–Kier alpha value is -2.43. The molecule has 0 amide bonds. The molecule has 3 nitrogen and oxygen atoms in total. The van der Waals surface area contributed by atoms with E-state index in [4.69, 9.17) is 9.47 Å². The predicted molar refractivity (Wildman–Crippen MR) is 74.1 cm³/mol. The summed E-state index contributed by atoms with van der Waals surface area (Å²) in [5.41, 5.74) is -0.0484. The molecule has 2 aromatic carbocycles. The van der Waals surface area contributed by atoms with E-state index in [-0.39, 0.29) is 22.4 Å². The van der Waals surface area contributed by atoms with E-state index in [9.17, 15) is 13.6 Å². The summed E-state index contributed by atoms with van der Waals surface area (Å²) >= 11 is 0. The molecule has 0 fully saturated rings. The van der Waals surface area contributed by atoms with Gasteiger partial charge in [-0.05, 0) is 36.8 Å². The molecule has 0 saturated heterocycles. The third-order valence-corrected chi connectivity index (χ3v) is 3.15. The van der Waals surface area contributed by atoms with Crippen LogP contribution in [0.5, 0.6) is 11.5 Å². The minimum atomic E-state index is -0.767. The number of halogens is 2. The van der Waals surface area contributed by atoms with Crippen molar-refractivity contribution in [1.29, 1.82) is 0 Å². The van der Waals surface area contributed by atoms with Crippen LogP contribution in [0.15, 0.2) is 30.3 Å². The van der Waals surface area contributed by atoms with Crippen LogP contribution in [0, 0.1) is 18.6 Å². The second-order valence-electron chi connectivity index (χ2n) is 4.48. The van der Waals surface area contributed by atoms with Crippen molar-refractivity contribution in [3.8, 4) is 11.5 Å². The molecule has 0 spiro atoms. The van der Waals surface area contributed by atoms with Crippen LogP contribution in [0.1, 0.15) is 21.5 Å². The summed E-state index contributed by atoms with van der Waals surface area (Å²) in [6, 6.07) is 6.42. The minimum Gasteiger partial charge on any atom is -0.497 e. The summed E-state index contributed by atoms with van der Waals surface area (Å²) in [5.74, 6) is -1.31. The van der Waals surface area contributed by atoms with E-state index in [1.807, 2.05) is 0 Å². The number of ketones is 1. The van der Waals surface area contributed by atoms with Crippen LogP contribution in [0.3, 0.4) is 0 Å². The van der Waals surface area contributed by atoms with Gasteiger partial charge in [0.05, 0.1) is 25.3 Å². The van der Waals surface area contributed by atoms with Gasteiger partial charge in [-0.1, -0.05) is 0 Å². The molecule has 0 N–H and O–H groups in total. The average Bonchev–Trinajstić information content (AvgIpc) is 2.49. The molecule has 0 atom stereocenters. The van der Waals surface area contributed by atoms with Gasteiger partial charge in [-0.3, -0.25) is 4.79 Å². The zero-order chi connectivity index (χ0) is 15.6. The highest BCUT2D eigenvalue weighted by atomic mass is 19.1. The van der Waals surface area contributed by atoms with Gasteiger partial charge in [0.15, 0.2) is 5.78 Å². The smallest absolute Gasteiger partial charge is 0.199 e. The van der Waals surface area contributed by atoms with Crippen LogP contribution in [-0.2, 0) is 0 Å². The highest BCUT2D eigenvalue weighted by molar-refractivity contribution is 6.11. The number of methoxy groups -OCH3 is 2. The van der Waals surface area contributed by atoms with Gasteiger partial charge in [0.1, 0.15) is 23.1 Å². The zero-order valence-corrected chi connectivity index (χ0v) is 11.9. The Morgan fingerprint density at radius 2 is 1.67 bits per heavy atom. The lowest BCUT2D eigenvalue weighted by molar-refractivity contribution is 0.103. The molecule has 110 valence electrons. The number of aryl methyl sites for hydroxylation is 1. The molecule has 2 rings (SSSR count). The number of benzene rings is 2. The van der Waals surface area contributed by atoms with E-state index in [1.54, 1.807) is 6.07 Å². The summed E-state index contributed by atoms with van der Waals surface area (Å²) in [6.07, 6.45) is 0. The maximum absolute atomic E-state index is 13.9. The number of carbonyl (C=O) groups excluding carboxylic acids is 1. The van der Waals surface area contributed by atoms with E-state index in [0.29, 0.717) is 5.75 Å². The van der Waals surface area contributed by atoms with E-state index in [2.05, 4.69) is 0 Å². The Morgan fingerprint density at radius 3 is 2.29 bits per heavy atom. The van der Waals surface area contributed by atoms with Crippen molar-refractivity contribution in [3.05, 3.63) is 58.7 Å². The SMILES string of the molecule is COc1ccc(C(=O)c2cc(F)c(C)cc2F)c(OC)c1. The van der Waals surface area contributed by atoms with Gasteiger partial charge in [0, 0.05) is 6.07 Å². The van der Waals surface area contributed by atoms with Crippen LogP contribution in [0.2, 0.25) is 0 Å². The van der Waals surface area contributed by atoms with Gasteiger partial charge in [0.25, 0.3) is 0 Å². The van der Waals surface area contributed by atoms with Crippen molar-refractivity contribution >= 4 is 5.78 Å². The molecule has 21 heavy (non-hydrogen) atoms. The Bertz CT molecular complexity index is 696. The van der Waals surface area contributed by atoms with Gasteiger partial charge in [0.2, 0.25) is 0 Å². The second kappa shape index (κ2) is 5.91. The van der Waals surface area contributed by atoms with Gasteiger partial charge in [-0.2, -0.15) is 0 Å². The Labute approximate surface area is 121 Å². The van der Waals surface area contributed by atoms with Crippen LogP contribution < -0.4 is 9.47 Å². The maximum atomic E-state index is 13.9. The lowest BCUT2D eigenvalue weighted by atomic mass is 10.00. The molecule has 0 unspecified atom stereocenters. The highest BCUT2D eigenvalue weighted by Gasteiger charge is 2.20. The summed E-state index contributed by atoms with van der Waals surface area (Å²) < 4.78 is 37.6. The first kappa shape index (κ1) is 15.0. The van der Waals surface area contributed by atoms with E-state index < -0.39 is 17.4 Å². The van der Waals surface area contributed by atoms with Crippen molar-refractivity contribution in [2.45, 2.75) is 6.92 Å². The quantitative estimate of drug-likeness (QED) is 0.809. The number of carbonyl (C=O) groups is 1. The fourth-order valence-corrected chi connectivity index (χ4v) is 1.95. The first-order valence-electron chi connectivity index (χ1n) is 6.20. The summed E-state index contributed by atoms with van der Waals surface area (Å²) in [4.78, 5) is 12.4. The molecule has 0 bridgehead atoms. The molecule has 0 radical (unpaired) electrons. The topological polar surface area (TPSA) is 35.5 Å². The van der Waals surface area contributed by atoms with Gasteiger partial charge in [-0.25, -0.2) is 8.78 Å². The molecular weight excluding hydrogens is 278 g/mol. The third kappa shape index (κ3) is 2.86. The molecule has 0 aliphatic heterocycles. The van der Waals surface area contributed by atoms with E-state index >= 15 is 0 Å². The van der Waals surface area contributed by atoms with Gasteiger partial charge in [-0.15, -0.1) is 0 Å². The van der Waals surface area contributed by atoms with Crippen LogP contribution >= 0.6 is 0 Å². The van der Waals surface area contributed by atoms with Crippen molar-refractivity contribution < 1.29 is 23.0 Å². The van der Waals surface area contributed by atoms with E-state index in [1.165, 1.54) is 33.3 Å². The lowest BCUT2D eigenvalue weighted by Crippen LogP contribution is -2.08.